The number of nitrogens with two attached hydrogens (primary N) is 1. The van der Waals surface area contributed by atoms with Crippen molar-refractivity contribution < 1.29 is 14.7 Å². The van der Waals surface area contributed by atoms with Gasteiger partial charge in [-0.3, -0.25) is 9.59 Å². The minimum absolute atomic E-state index is 0.127. The third-order valence-electron chi connectivity index (χ3n) is 2.92. The molecule has 108 valence electrons. The van der Waals surface area contributed by atoms with E-state index in [1.54, 1.807) is 24.3 Å². The van der Waals surface area contributed by atoms with Gasteiger partial charge < -0.3 is 10.8 Å². The van der Waals surface area contributed by atoms with Gasteiger partial charge >= 0.3 is 5.97 Å². The molecular weight excluding hydrogens is 313 g/mol. The van der Waals surface area contributed by atoms with Crippen molar-refractivity contribution >= 4 is 40.6 Å². The van der Waals surface area contributed by atoms with E-state index in [1.165, 1.54) is 12.1 Å². The Morgan fingerprint density at radius 2 is 1.67 bits per heavy atom. The van der Waals surface area contributed by atoms with E-state index in [2.05, 4.69) is 0 Å². The van der Waals surface area contributed by atoms with E-state index in [9.17, 15) is 9.59 Å². The highest BCUT2D eigenvalue weighted by molar-refractivity contribution is 6.32. The lowest BCUT2D eigenvalue weighted by atomic mass is 9.98. The first-order valence-corrected chi connectivity index (χ1v) is 6.74. The second kappa shape index (κ2) is 6.16. The van der Waals surface area contributed by atoms with Crippen LogP contribution in [-0.4, -0.2) is 16.9 Å². The molecule has 0 aliphatic heterocycles. The summed E-state index contributed by atoms with van der Waals surface area (Å²) >= 11 is 11.7. The van der Waals surface area contributed by atoms with Crippen LogP contribution in [0, 0.1) is 0 Å². The minimum atomic E-state index is -1.05. The van der Waals surface area contributed by atoms with Gasteiger partial charge in [0.25, 0.3) is 0 Å². The number of carbonyl (C=O) groups is 2. The lowest BCUT2D eigenvalue weighted by molar-refractivity contribution is -0.136. The molecule has 2 aromatic rings. The van der Waals surface area contributed by atoms with Crippen LogP contribution in [-0.2, 0) is 11.2 Å². The van der Waals surface area contributed by atoms with E-state index in [4.69, 9.17) is 34.0 Å². The van der Waals surface area contributed by atoms with Crippen molar-refractivity contribution in [1.82, 2.24) is 0 Å². The number of aliphatic carboxylic acids is 1. The second-order valence-electron chi connectivity index (χ2n) is 4.43. The molecule has 0 amide bonds. The molecule has 0 saturated carbocycles. The summed E-state index contributed by atoms with van der Waals surface area (Å²) in [6, 6.07) is 9.20. The molecule has 0 heterocycles. The number of hydrogen-bond acceptors (Lipinski definition) is 3. The Bertz CT molecular complexity index is 712. The Morgan fingerprint density at radius 1 is 1.05 bits per heavy atom. The van der Waals surface area contributed by atoms with Gasteiger partial charge in [0.1, 0.15) is 0 Å². The summed E-state index contributed by atoms with van der Waals surface area (Å²) in [4.78, 5) is 23.3. The third kappa shape index (κ3) is 3.54. The third-order valence-corrected chi connectivity index (χ3v) is 3.39. The molecule has 3 N–H and O–H groups in total. The van der Waals surface area contributed by atoms with Gasteiger partial charge in [0.15, 0.2) is 5.78 Å². The van der Waals surface area contributed by atoms with Crippen LogP contribution in [0.15, 0.2) is 36.4 Å². The maximum Gasteiger partial charge on any atom is 0.307 e. The van der Waals surface area contributed by atoms with E-state index in [0.29, 0.717) is 16.1 Å². The van der Waals surface area contributed by atoms with Crippen LogP contribution >= 0.6 is 23.2 Å². The van der Waals surface area contributed by atoms with Crippen molar-refractivity contribution in [1.29, 1.82) is 0 Å². The summed E-state index contributed by atoms with van der Waals surface area (Å²) in [6.45, 7) is 0. The zero-order valence-electron chi connectivity index (χ0n) is 10.8. The van der Waals surface area contributed by atoms with Crippen LogP contribution in [0.4, 0.5) is 5.69 Å². The first kappa shape index (κ1) is 15.4. The van der Waals surface area contributed by atoms with E-state index in [-0.39, 0.29) is 28.5 Å². The molecule has 4 nitrogen and oxygen atoms in total. The maximum atomic E-state index is 12.4. The number of carboxylic acids is 1. The molecule has 0 bridgehead atoms. The topological polar surface area (TPSA) is 80.4 Å². The fourth-order valence-corrected chi connectivity index (χ4v) is 2.30. The first-order chi connectivity index (χ1) is 9.88. The van der Waals surface area contributed by atoms with Crippen molar-refractivity contribution in [2.45, 2.75) is 6.42 Å². The van der Waals surface area contributed by atoms with Crippen LogP contribution in [0.1, 0.15) is 21.5 Å². The Labute approximate surface area is 131 Å². The Hall–Kier alpha value is -2.04. The molecule has 0 atom stereocenters. The number of hydrogen-bond donors (Lipinski definition) is 2. The maximum absolute atomic E-state index is 12.4. The van der Waals surface area contributed by atoms with E-state index < -0.39 is 5.97 Å². The summed E-state index contributed by atoms with van der Waals surface area (Å²) < 4.78 is 0. The lowest BCUT2D eigenvalue weighted by Gasteiger charge is -2.10. The predicted molar refractivity (Wildman–Crippen MR) is 82.1 cm³/mol. The van der Waals surface area contributed by atoms with Gasteiger partial charge in [0.05, 0.1) is 6.42 Å². The number of nitrogen functional groups attached to an aromatic ring is 1. The predicted octanol–water partition coefficient (Wildman–Crippen LogP) is 3.43. The number of carboxylic acid groups (broad SMARTS) is 1. The van der Waals surface area contributed by atoms with Crippen LogP contribution in [0.25, 0.3) is 0 Å². The number of carbonyl (C=O) groups excluding carboxylic acids is 1. The van der Waals surface area contributed by atoms with Crippen molar-refractivity contribution in [2.75, 3.05) is 5.73 Å². The summed E-state index contributed by atoms with van der Waals surface area (Å²) in [5, 5.41) is 9.63. The number of halogens is 2. The standard InChI is InChI=1S/C15H11Cl2NO3/c16-10-3-1-8(2-4-10)15(21)12-7-11(17)5-9(14(12)18)6-13(19)20/h1-5,7H,6,18H2,(H,19,20). The van der Waals surface area contributed by atoms with Gasteiger partial charge in [-0.15, -0.1) is 0 Å². The summed E-state index contributed by atoms with van der Waals surface area (Å²) in [5.74, 6) is -1.38. The van der Waals surface area contributed by atoms with Crippen molar-refractivity contribution in [3.63, 3.8) is 0 Å². The Balaban J connectivity index is 2.47. The highest BCUT2D eigenvalue weighted by atomic mass is 35.5. The van der Waals surface area contributed by atoms with Gasteiger partial charge in [-0.05, 0) is 42.0 Å². The minimum Gasteiger partial charge on any atom is -0.481 e. The smallest absolute Gasteiger partial charge is 0.307 e. The van der Waals surface area contributed by atoms with Crippen molar-refractivity contribution in [2.24, 2.45) is 0 Å². The van der Waals surface area contributed by atoms with E-state index >= 15 is 0 Å². The van der Waals surface area contributed by atoms with Gasteiger partial charge in [-0.25, -0.2) is 0 Å². The van der Waals surface area contributed by atoms with Crippen molar-refractivity contribution in [3.05, 3.63) is 63.1 Å². The molecular formula is C15H11Cl2NO3. The molecule has 0 spiro atoms. The van der Waals surface area contributed by atoms with Crippen LogP contribution in [0.2, 0.25) is 10.0 Å². The zero-order chi connectivity index (χ0) is 15.6. The molecule has 0 unspecified atom stereocenters. The quantitative estimate of drug-likeness (QED) is 0.667. The normalized spacial score (nSPS) is 10.4. The fourth-order valence-electron chi connectivity index (χ4n) is 1.93. The molecule has 0 fully saturated rings. The molecule has 2 rings (SSSR count). The van der Waals surface area contributed by atoms with E-state index in [0.717, 1.165) is 0 Å². The molecule has 0 aliphatic carbocycles. The van der Waals surface area contributed by atoms with Crippen LogP contribution < -0.4 is 5.73 Å². The van der Waals surface area contributed by atoms with Gasteiger partial charge in [-0.1, -0.05) is 23.2 Å². The fraction of sp³-hybridized carbons (Fsp3) is 0.0667. The Kier molecular flexibility index (Phi) is 4.50. The van der Waals surface area contributed by atoms with Gasteiger partial charge in [0, 0.05) is 26.9 Å². The molecule has 0 aromatic heterocycles. The summed E-state index contributed by atoms with van der Waals surface area (Å²) in [7, 11) is 0. The van der Waals surface area contributed by atoms with Gasteiger partial charge in [0.2, 0.25) is 0 Å². The molecule has 0 aliphatic rings. The molecule has 6 heteroatoms. The molecule has 0 radical (unpaired) electrons. The van der Waals surface area contributed by atoms with Gasteiger partial charge in [-0.2, -0.15) is 0 Å². The first-order valence-electron chi connectivity index (χ1n) is 5.98. The average molecular weight is 324 g/mol. The monoisotopic (exact) mass is 323 g/mol. The molecule has 0 saturated heterocycles. The average Bonchev–Trinajstić information content (AvgIpc) is 2.42. The Morgan fingerprint density at radius 3 is 2.24 bits per heavy atom. The number of rotatable bonds is 4. The zero-order valence-corrected chi connectivity index (χ0v) is 12.3. The second-order valence-corrected chi connectivity index (χ2v) is 5.31. The largest absolute Gasteiger partial charge is 0.481 e. The highest BCUT2D eigenvalue weighted by Crippen LogP contribution is 2.26. The number of benzene rings is 2. The summed E-state index contributed by atoms with van der Waals surface area (Å²) in [6.07, 6.45) is -0.298. The highest BCUT2D eigenvalue weighted by Gasteiger charge is 2.17. The van der Waals surface area contributed by atoms with Crippen molar-refractivity contribution in [3.8, 4) is 0 Å². The molecule has 2 aromatic carbocycles. The lowest BCUT2D eigenvalue weighted by Crippen LogP contribution is -2.10. The summed E-state index contributed by atoms with van der Waals surface area (Å²) in [5.41, 5.74) is 6.92. The number of ketones is 1. The van der Waals surface area contributed by atoms with Crippen LogP contribution in [0.5, 0.6) is 0 Å². The SMILES string of the molecule is Nc1c(CC(=O)O)cc(Cl)cc1C(=O)c1ccc(Cl)cc1. The number of anilines is 1. The molecule has 21 heavy (non-hydrogen) atoms. The van der Waals surface area contributed by atoms with Crippen LogP contribution in [0.3, 0.4) is 0 Å². The van der Waals surface area contributed by atoms with E-state index in [1.807, 2.05) is 0 Å².